The van der Waals surface area contributed by atoms with Crippen molar-refractivity contribution in [3.8, 4) is 5.75 Å². The Morgan fingerprint density at radius 3 is 2.19 bits per heavy atom. The number of aryl methyl sites for hydroxylation is 2. The van der Waals surface area contributed by atoms with Gasteiger partial charge in [0.25, 0.3) is 11.7 Å². The molecule has 86 valence electrons. The minimum absolute atomic E-state index is 0.262. The zero-order chi connectivity index (χ0) is 12.5. The number of carbonyl (C=O) groups is 2. The number of rotatable bonds is 3. The fourth-order valence-electron chi connectivity index (χ4n) is 1.71. The van der Waals surface area contributed by atoms with Crippen LogP contribution in [0.25, 0.3) is 0 Å². The van der Waals surface area contributed by atoms with Crippen LogP contribution in [-0.4, -0.2) is 18.8 Å². The number of benzene rings is 1. The molecule has 0 fully saturated rings. The van der Waals surface area contributed by atoms with E-state index in [1.54, 1.807) is 6.92 Å². The van der Waals surface area contributed by atoms with Gasteiger partial charge in [-0.3, -0.25) is 9.59 Å². The summed E-state index contributed by atoms with van der Waals surface area (Å²) < 4.78 is 5.18. The van der Waals surface area contributed by atoms with Gasteiger partial charge in [-0.2, -0.15) is 0 Å². The normalized spacial score (nSPS) is 10.0. The Bertz CT molecular complexity index is 464. The molecule has 2 N–H and O–H groups in total. The van der Waals surface area contributed by atoms with E-state index in [0.29, 0.717) is 11.3 Å². The fraction of sp³-hybridized carbons (Fsp3) is 0.333. The van der Waals surface area contributed by atoms with Gasteiger partial charge in [0.05, 0.1) is 12.7 Å². The minimum atomic E-state index is -0.968. The van der Waals surface area contributed by atoms with Gasteiger partial charge in [-0.25, -0.2) is 0 Å². The van der Waals surface area contributed by atoms with E-state index in [4.69, 9.17) is 10.5 Å². The predicted molar refractivity (Wildman–Crippen MR) is 60.7 cm³/mol. The van der Waals surface area contributed by atoms with Crippen molar-refractivity contribution in [1.29, 1.82) is 0 Å². The van der Waals surface area contributed by atoms with Gasteiger partial charge in [-0.05, 0) is 37.5 Å². The maximum atomic E-state index is 11.7. The number of primary amides is 1. The highest BCUT2D eigenvalue weighted by atomic mass is 16.5. The summed E-state index contributed by atoms with van der Waals surface area (Å²) in [5, 5.41) is 0. The van der Waals surface area contributed by atoms with Gasteiger partial charge < -0.3 is 10.5 Å². The highest BCUT2D eigenvalue weighted by molar-refractivity contribution is 6.43. The van der Waals surface area contributed by atoms with Gasteiger partial charge in [0.1, 0.15) is 5.75 Å². The molecule has 0 spiro atoms. The van der Waals surface area contributed by atoms with Crippen molar-refractivity contribution < 1.29 is 14.3 Å². The van der Waals surface area contributed by atoms with Gasteiger partial charge >= 0.3 is 0 Å². The first-order chi connectivity index (χ1) is 7.40. The van der Waals surface area contributed by atoms with Crippen LogP contribution in [0.5, 0.6) is 5.75 Å². The highest BCUT2D eigenvalue weighted by Gasteiger charge is 2.22. The van der Waals surface area contributed by atoms with Crippen molar-refractivity contribution >= 4 is 11.7 Å². The molecule has 0 saturated heterocycles. The molecule has 0 aliphatic heterocycles. The molecule has 1 aromatic rings. The topological polar surface area (TPSA) is 69.4 Å². The van der Waals surface area contributed by atoms with E-state index in [9.17, 15) is 9.59 Å². The molecule has 0 aliphatic rings. The third-order valence-electron chi connectivity index (χ3n) is 2.64. The predicted octanol–water partition coefficient (Wildman–Crippen LogP) is 1.29. The lowest BCUT2D eigenvalue weighted by Gasteiger charge is -2.14. The number of amides is 1. The molecule has 0 atom stereocenters. The lowest BCUT2D eigenvalue weighted by Crippen LogP contribution is -2.24. The molecule has 0 aliphatic carbocycles. The fourth-order valence-corrected chi connectivity index (χ4v) is 1.71. The number of methoxy groups -OCH3 is 1. The van der Waals surface area contributed by atoms with Crippen molar-refractivity contribution in [3.63, 3.8) is 0 Å². The monoisotopic (exact) mass is 221 g/mol. The molecule has 4 heteroatoms. The molecular weight excluding hydrogens is 206 g/mol. The number of nitrogens with two attached hydrogens (primary N) is 1. The number of carbonyl (C=O) groups excluding carboxylic acids is 2. The molecule has 0 heterocycles. The summed E-state index contributed by atoms with van der Waals surface area (Å²) in [6.07, 6.45) is 0. The second kappa shape index (κ2) is 4.35. The smallest absolute Gasteiger partial charge is 0.289 e. The number of hydrogen-bond acceptors (Lipinski definition) is 3. The van der Waals surface area contributed by atoms with E-state index < -0.39 is 11.7 Å². The molecule has 16 heavy (non-hydrogen) atoms. The largest absolute Gasteiger partial charge is 0.496 e. The van der Waals surface area contributed by atoms with Gasteiger partial charge in [0.2, 0.25) is 0 Å². The van der Waals surface area contributed by atoms with Crippen molar-refractivity contribution in [2.75, 3.05) is 7.11 Å². The lowest BCUT2D eigenvalue weighted by molar-refractivity contribution is -0.114. The van der Waals surface area contributed by atoms with Crippen LogP contribution in [0, 0.1) is 20.8 Å². The molecule has 0 radical (unpaired) electrons. The Hall–Kier alpha value is -1.84. The van der Waals surface area contributed by atoms with Crippen LogP contribution < -0.4 is 10.5 Å². The van der Waals surface area contributed by atoms with E-state index in [1.807, 2.05) is 19.9 Å². The minimum Gasteiger partial charge on any atom is -0.496 e. The van der Waals surface area contributed by atoms with Crippen LogP contribution in [0.2, 0.25) is 0 Å². The first-order valence-corrected chi connectivity index (χ1v) is 4.89. The summed E-state index contributed by atoms with van der Waals surface area (Å²) in [5.41, 5.74) is 7.82. The van der Waals surface area contributed by atoms with E-state index in [1.165, 1.54) is 7.11 Å². The SMILES string of the molecule is COc1c(C)c(C)cc(C)c1C(=O)C(N)=O. The molecule has 0 unspecified atom stereocenters. The Morgan fingerprint density at radius 1 is 1.19 bits per heavy atom. The molecule has 0 bridgehead atoms. The Morgan fingerprint density at radius 2 is 1.75 bits per heavy atom. The number of ketones is 1. The zero-order valence-corrected chi connectivity index (χ0v) is 9.88. The van der Waals surface area contributed by atoms with Crippen LogP contribution in [0.3, 0.4) is 0 Å². The van der Waals surface area contributed by atoms with Crippen molar-refractivity contribution in [2.24, 2.45) is 5.73 Å². The number of ether oxygens (including phenoxy) is 1. The number of Topliss-reactive ketones (excluding diaryl/α,β-unsaturated/α-hetero) is 1. The standard InChI is InChI=1S/C12H15NO3/c1-6-5-7(2)9(10(14)12(13)15)11(16-4)8(6)3/h5H,1-4H3,(H2,13,15). The van der Waals surface area contributed by atoms with Gasteiger partial charge in [0.15, 0.2) is 0 Å². The van der Waals surface area contributed by atoms with Crippen LogP contribution >= 0.6 is 0 Å². The third-order valence-corrected chi connectivity index (χ3v) is 2.64. The second-order valence-corrected chi connectivity index (χ2v) is 3.74. The van der Waals surface area contributed by atoms with E-state index >= 15 is 0 Å². The molecule has 1 rings (SSSR count). The van der Waals surface area contributed by atoms with Crippen LogP contribution in [0.1, 0.15) is 27.0 Å². The maximum absolute atomic E-state index is 11.7. The molecule has 0 saturated carbocycles. The molecule has 1 aromatic carbocycles. The van der Waals surface area contributed by atoms with Gasteiger partial charge in [-0.15, -0.1) is 0 Å². The quantitative estimate of drug-likeness (QED) is 0.617. The molecular formula is C12H15NO3. The average molecular weight is 221 g/mol. The molecule has 4 nitrogen and oxygen atoms in total. The third kappa shape index (κ3) is 1.91. The van der Waals surface area contributed by atoms with Crippen LogP contribution in [0.15, 0.2) is 6.07 Å². The number of hydrogen-bond donors (Lipinski definition) is 1. The first-order valence-electron chi connectivity index (χ1n) is 4.89. The molecule has 0 aromatic heterocycles. The zero-order valence-electron chi connectivity index (χ0n) is 9.88. The Kier molecular flexibility index (Phi) is 3.32. The maximum Gasteiger partial charge on any atom is 0.289 e. The second-order valence-electron chi connectivity index (χ2n) is 3.74. The lowest BCUT2D eigenvalue weighted by atomic mass is 9.96. The van der Waals surface area contributed by atoms with Crippen LogP contribution in [-0.2, 0) is 4.79 Å². The van der Waals surface area contributed by atoms with Gasteiger partial charge in [-0.1, -0.05) is 6.07 Å². The average Bonchev–Trinajstić information content (AvgIpc) is 2.21. The summed E-state index contributed by atoms with van der Waals surface area (Å²) in [6.45, 7) is 5.51. The Labute approximate surface area is 94.4 Å². The highest BCUT2D eigenvalue weighted by Crippen LogP contribution is 2.29. The van der Waals surface area contributed by atoms with Crippen molar-refractivity contribution in [1.82, 2.24) is 0 Å². The van der Waals surface area contributed by atoms with E-state index in [0.717, 1.165) is 11.1 Å². The van der Waals surface area contributed by atoms with E-state index in [2.05, 4.69) is 0 Å². The summed E-state index contributed by atoms with van der Waals surface area (Å²) >= 11 is 0. The van der Waals surface area contributed by atoms with Gasteiger partial charge in [0, 0.05) is 0 Å². The van der Waals surface area contributed by atoms with Crippen molar-refractivity contribution in [2.45, 2.75) is 20.8 Å². The summed E-state index contributed by atoms with van der Waals surface area (Å²) in [4.78, 5) is 22.6. The summed E-state index contributed by atoms with van der Waals surface area (Å²) in [7, 11) is 1.47. The molecule has 1 amide bonds. The Balaban J connectivity index is 3.55. The van der Waals surface area contributed by atoms with E-state index in [-0.39, 0.29) is 5.56 Å². The first kappa shape index (κ1) is 12.2. The summed E-state index contributed by atoms with van der Waals surface area (Å²) in [6, 6.07) is 1.84. The van der Waals surface area contributed by atoms with Crippen LogP contribution in [0.4, 0.5) is 0 Å². The summed E-state index contributed by atoms with van der Waals surface area (Å²) in [5.74, 6) is -1.25. The van der Waals surface area contributed by atoms with Crippen molar-refractivity contribution in [3.05, 3.63) is 28.3 Å².